The lowest BCUT2D eigenvalue weighted by molar-refractivity contribution is -0.133. The van der Waals surface area contributed by atoms with Gasteiger partial charge in [0.25, 0.3) is 5.56 Å². The van der Waals surface area contributed by atoms with Crippen LogP contribution < -0.4 is 10.3 Å². The summed E-state index contributed by atoms with van der Waals surface area (Å²) in [4.78, 5) is 34.4. The third kappa shape index (κ3) is 6.94. The van der Waals surface area contributed by atoms with Crippen molar-refractivity contribution < 1.29 is 9.53 Å². The van der Waals surface area contributed by atoms with Gasteiger partial charge in [-0.25, -0.2) is 4.98 Å². The van der Waals surface area contributed by atoms with Crippen molar-refractivity contribution in [2.24, 2.45) is 0 Å². The number of carbonyl (C=O) groups is 1. The second-order valence-corrected chi connectivity index (χ2v) is 9.86. The van der Waals surface area contributed by atoms with Crippen LogP contribution in [0.25, 0.3) is 16.6 Å². The molecule has 0 fully saturated rings. The van der Waals surface area contributed by atoms with Gasteiger partial charge in [0.15, 0.2) is 0 Å². The van der Waals surface area contributed by atoms with E-state index in [1.54, 1.807) is 10.6 Å². The average molecular weight is 526 g/mol. The first-order chi connectivity index (χ1) is 19.0. The lowest BCUT2D eigenvalue weighted by atomic mass is 10.1. The van der Waals surface area contributed by atoms with Crippen LogP contribution in [0.3, 0.4) is 0 Å². The molecule has 1 aromatic heterocycles. The summed E-state index contributed by atoms with van der Waals surface area (Å²) in [5.41, 5.74) is 2.35. The molecule has 0 aliphatic heterocycles. The van der Waals surface area contributed by atoms with E-state index in [9.17, 15) is 9.59 Å². The van der Waals surface area contributed by atoms with E-state index in [1.165, 1.54) is 5.56 Å². The van der Waals surface area contributed by atoms with E-state index in [4.69, 9.17) is 9.72 Å². The Morgan fingerprint density at radius 1 is 0.923 bits per heavy atom. The zero-order chi connectivity index (χ0) is 27.6. The number of hydrogen-bond acceptors (Lipinski definition) is 4. The van der Waals surface area contributed by atoms with Crippen molar-refractivity contribution in [2.75, 3.05) is 13.2 Å². The number of benzene rings is 3. The molecule has 0 spiro atoms. The van der Waals surface area contributed by atoms with Crippen LogP contribution in [0.1, 0.15) is 70.3 Å². The van der Waals surface area contributed by atoms with Crippen molar-refractivity contribution in [3.8, 4) is 11.4 Å². The minimum Gasteiger partial charge on any atom is -0.494 e. The van der Waals surface area contributed by atoms with Gasteiger partial charge in [-0.2, -0.15) is 0 Å². The molecule has 39 heavy (non-hydrogen) atoms. The van der Waals surface area contributed by atoms with Crippen LogP contribution in [0.4, 0.5) is 0 Å². The van der Waals surface area contributed by atoms with Gasteiger partial charge < -0.3 is 9.64 Å². The fourth-order valence-corrected chi connectivity index (χ4v) is 4.95. The van der Waals surface area contributed by atoms with E-state index in [0.29, 0.717) is 42.0 Å². The minimum atomic E-state index is -0.406. The molecule has 0 saturated heterocycles. The van der Waals surface area contributed by atoms with Crippen LogP contribution in [-0.4, -0.2) is 33.5 Å². The Balaban J connectivity index is 1.76. The normalized spacial score (nSPS) is 11.9. The maximum atomic E-state index is 13.9. The van der Waals surface area contributed by atoms with Crippen molar-refractivity contribution in [2.45, 2.75) is 65.3 Å². The van der Waals surface area contributed by atoms with Crippen LogP contribution in [0.15, 0.2) is 83.7 Å². The van der Waals surface area contributed by atoms with Gasteiger partial charge >= 0.3 is 0 Å². The lowest BCUT2D eigenvalue weighted by Gasteiger charge is -2.31. The Bertz CT molecular complexity index is 1410. The SMILES string of the molecule is CCCCCCC(=O)N(CCc1ccccc1)C(C)c1nc2ccccc2c(=O)n1-c1ccc(OCC)cc1. The number of carbonyl (C=O) groups excluding carboxylic acids is 1. The molecule has 0 radical (unpaired) electrons. The van der Waals surface area contributed by atoms with Crippen LogP contribution in [-0.2, 0) is 11.2 Å². The van der Waals surface area contributed by atoms with E-state index >= 15 is 0 Å². The summed E-state index contributed by atoms with van der Waals surface area (Å²) in [6.07, 6.45) is 5.35. The molecule has 4 aromatic rings. The highest BCUT2D eigenvalue weighted by Crippen LogP contribution is 2.25. The number of nitrogens with zero attached hydrogens (tertiary/aromatic N) is 3. The highest BCUT2D eigenvalue weighted by atomic mass is 16.5. The summed E-state index contributed by atoms with van der Waals surface area (Å²) in [6, 6.07) is 24.7. The van der Waals surface area contributed by atoms with Gasteiger partial charge in [-0.3, -0.25) is 14.2 Å². The molecule has 1 heterocycles. The van der Waals surface area contributed by atoms with E-state index in [1.807, 2.05) is 79.4 Å². The number of aromatic nitrogens is 2. The number of amides is 1. The second-order valence-electron chi connectivity index (χ2n) is 9.86. The number of para-hydroxylation sites is 1. The molecule has 0 N–H and O–H groups in total. The molecule has 0 bridgehead atoms. The quantitative estimate of drug-likeness (QED) is 0.178. The molecule has 0 aliphatic carbocycles. The van der Waals surface area contributed by atoms with E-state index in [-0.39, 0.29) is 11.5 Å². The van der Waals surface area contributed by atoms with Crippen molar-refractivity contribution in [3.05, 3.63) is 101 Å². The molecule has 0 saturated carbocycles. The molecular weight excluding hydrogens is 486 g/mol. The lowest BCUT2D eigenvalue weighted by Crippen LogP contribution is -2.38. The summed E-state index contributed by atoms with van der Waals surface area (Å²) in [5.74, 6) is 1.39. The summed E-state index contributed by atoms with van der Waals surface area (Å²) in [6.45, 7) is 7.20. The summed E-state index contributed by atoms with van der Waals surface area (Å²) < 4.78 is 7.27. The minimum absolute atomic E-state index is 0.0928. The Kier molecular flexibility index (Phi) is 9.90. The van der Waals surface area contributed by atoms with E-state index in [0.717, 1.165) is 37.9 Å². The van der Waals surface area contributed by atoms with Gasteiger partial charge in [0.1, 0.15) is 11.6 Å². The van der Waals surface area contributed by atoms with E-state index < -0.39 is 6.04 Å². The van der Waals surface area contributed by atoms with Crippen molar-refractivity contribution in [3.63, 3.8) is 0 Å². The number of hydrogen-bond donors (Lipinski definition) is 0. The first-order valence-corrected chi connectivity index (χ1v) is 14.1. The summed E-state index contributed by atoms with van der Waals surface area (Å²) in [5, 5.41) is 0.545. The first kappa shape index (κ1) is 28.1. The van der Waals surface area contributed by atoms with Crippen LogP contribution in [0, 0.1) is 0 Å². The smallest absolute Gasteiger partial charge is 0.266 e. The van der Waals surface area contributed by atoms with Crippen molar-refractivity contribution in [1.29, 1.82) is 0 Å². The maximum absolute atomic E-state index is 13.9. The molecule has 6 heteroatoms. The summed E-state index contributed by atoms with van der Waals surface area (Å²) >= 11 is 0. The average Bonchev–Trinajstić information content (AvgIpc) is 2.96. The number of ether oxygens (including phenoxy) is 1. The highest BCUT2D eigenvalue weighted by Gasteiger charge is 2.26. The van der Waals surface area contributed by atoms with Crippen LogP contribution >= 0.6 is 0 Å². The first-order valence-electron chi connectivity index (χ1n) is 14.1. The Labute approximate surface area is 231 Å². The maximum Gasteiger partial charge on any atom is 0.266 e. The number of unbranched alkanes of at least 4 members (excludes halogenated alkanes) is 3. The van der Waals surface area contributed by atoms with Crippen LogP contribution in [0.2, 0.25) is 0 Å². The van der Waals surface area contributed by atoms with Gasteiger partial charge in [-0.15, -0.1) is 0 Å². The summed E-state index contributed by atoms with van der Waals surface area (Å²) in [7, 11) is 0. The topological polar surface area (TPSA) is 64.4 Å². The number of rotatable bonds is 13. The zero-order valence-corrected chi connectivity index (χ0v) is 23.3. The largest absolute Gasteiger partial charge is 0.494 e. The molecule has 0 aliphatic rings. The molecule has 1 atom stereocenters. The fraction of sp³-hybridized carbons (Fsp3) is 0.364. The van der Waals surface area contributed by atoms with Crippen molar-refractivity contribution in [1.82, 2.24) is 14.5 Å². The molecular formula is C33H39N3O3. The van der Waals surface area contributed by atoms with Gasteiger partial charge in [0, 0.05) is 13.0 Å². The monoisotopic (exact) mass is 525 g/mol. The Hall–Kier alpha value is -3.93. The highest BCUT2D eigenvalue weighted by molar-refractivity contribution is 5.79. The second kappa shape index (κ2) is 13.7. The number of fused-ring (bicyclic) bond motifs is 1. The molecule has 1 unspecified atom stereocenters. The molecule has 4 rings (SSSR count). The van der Waals surface area contributed by atoms with Gasteiger partial charge in [0.05, 0.1) is 29.2 Å². The molecule has 1 amide bonds. The van der Waals surface area contributed by atoms with Gasteiger partial charge in [-0.05, 0) is 68.7 Å². The molecule has 6 nitrogen and oxygen atoms in total. The van der Waals surface area contributed by atoms with E-state index in [2.05, 4.69) is 19.1 Å². The zero-order valence-electron chi connectivity index (χ0n) is 23.3. The molecule has 3 aromatic carbocycles. The predicted octanol–water partition coefficient (Wildman–Crippen LogP) is 6.89. The van der Waals surface area contributed by atoms with Crippen LogP contribution in [0.5, 0.6) is 5.75 Å². The standard InChI is InChI=1S/C33H39N3O3/c1-4-6-7-11-18-31(37)35(24-23-26-14-9-8-10-15-26)25(3)32-34-30-17-13-12-16-29(30)33(38)36(32)27-19-21-28(22-20-27)39-5-2/h8-10,12-17,19-22,25H,4-7,11,18,23-24H2,1-3H3. The third-order valence-corrected chi connectivity index (χ3v) is 7.10. The van der Waals surface area contributed by atoms with Gasteiger partial charge in [0.2, 0.25) is 5.91 Å². The Morgan fingerprint density at radius 3 is 2.36 bits per heavy atom. The fourth-order valence-electron chi connectivity index (χ4n) is 4.95. The Morgan fingerprint density at radius 2 is 1.64 bits per heavy atom. The van der Waals surface area contributed by atoms with Gasteiger partial charge in [-0.1, -0.05) is 68.7 Å². The van der Waals surface area contributed by atoms with Crippen molar-refractivity contribution >= 4 is 16.8 Å². The third-order valence-electron chi connectivity index (χ3n) is 7.10. The molecule has 204 valence electrons. The predicted molar refractivity (Wildman–Crippen MR) is 158 cm³/mol.